The van der Waals surface area contributed by atoms with Crippen LogP contribution in [0.2, 0.25) is 0 Å². The van der Waals surface area contributed by atoms with E-state index >= 15 is 0 Å². The Morgan fingerprint density at radius 3 is 3.05 bits per heavy atom. The van der Waals surface area contributed by atoms with Crippen LogP contribution in [0.15, 0.2) is 17.8 Å². The molecule has 0 aliphatic heterocycles. The zero-order valence-corrected chi connectivity index (χ0v) is 11.5. The first-order valence-corrected chi connectivity index (χ1v) is 6.71. The van der Waals surface area contributed by atoms with E-state index in [0.717, 1.165) is 10.7 Å². The highest BCUT2D eigenvalue weighted by Gasteiger charge is 2.12. The van der Waals surface area contributed by atoms with Gasteiger partial charge in [-0.15, -0.1) is 11.3 Å². The highest BCUT2D eigenvalue weighted by atomic mass is 32.1. The lowest BCUT2D eigenvalue weighted by atomic mass is 10.4. The van der Waals surface area contributed by atoms with Gasteiger partial charge in [0.1, 0.15) is 23.5 Å². The van der Waals surface area contributed by atoms with Crippen LogP contribution in [0, 0.1) is 10.1 Å². The molecule has 2 rings (SSSR count). The average Bonchev–Trinajstić information content (AvgIpc) is 2.99. The molecule has 0 saturated carbocycles. The summed E-state index contributed by atoms with van der Waals surface area (Å²) >= 11 is 1.52. The second kappa shape index (κ2) is 5.89. The first kappa shape index (κ1) is 13.6. The Labute approximate surface area is 114 Å². The number of rotatable bonds is 6. The Hall–Kier alpha value is -1.80. The lowest BCUT2D eigenvalue weighted by molar-refractivity contribution is -0.385. The van der Waals surface area contributed by atoms with E-state index < -0.39 is 4.92 Å². The van der Waals surface area contributed by atoms with E-state index in [9.17, 15) is 10.1 Å². The number of nitrogens with zero attached hydrogens (tertiary/aromatic N) is 4. The molecule has 2 aromatic rings. The molecule has 1 unspecified atom stereocenters. The van der Waals surface area contributed by atoms with Crippen molar-refractivity contribution in [3.63, 3.8) is 0 Å². The van der Waals surface area contributed by atoms with E-state index in [2.05, 4.69) is 10.1 Å². The highest BCUT2D eigenvalue weighted by molar-refractivity contribution is 7.09. The van der Waals surface area contributed by atoms with Crippen LogP contribution in [0.3, 0.4) is 0 Å². The van der Waals surface area contributed by atoms with Gasteiger partial charge in [-0.05, 0) is 13.8 Å². The van der Waals surface area contributed by atoms with Gasteiger partial charge < -0.3 is 4.74 Å². The molecule has 0 radical (unpaired) electrons. The molecule has 7 nitrogen and oxygen atoms in total. The third-order valence-corrected chi connectivity index (χ3v) is 3.54. The SMILES string of the molecule is CCOC(C)c1nc(Cn2cc([N+](=O)[O-])cn2)cs1. The van der Waals surface area contributed by atoms with Gasteiger partial charge in [0.05, 0.1) is 17.2 Å². The Bertz CT molecular complexity index is 566. The van der Waals surface area contributed by atoms with Crippen molar-refractivity contribution in [3.8, 4) is 0 Å². The van der Waals surface area contributed by atoms with Crippen molar-refractivity contribution < 1.29 is 9.66 Å². The standard InChI is InChI=1S/C11H14N4O3S/c1-3-18-8(2)11-13-9(7-19-11)5-14-6-10(4-12-14)15(16)17/h4,6-8H,3,5H2,1-2H3. The number of ether oxygens (including phenoxy) is 1. The van der Waals surface area contributed by atoms with E-state index in [1.54, 1.807) is 0 Å². The van der Waals surface area contributed by atoms with Crippen molar-refractivity contribution in [2.45, 2.75) is 26.5 Å². The van der Waals surface area contributed by atoms with Gasteiger partial charge in [0, 0.05) is 12.0 Å². The van der Waals surface area contributed by atoms with Crippen LogP contribution in [-0.2, 0) is 11.3 Å². The Morgan fingerprint density at radius 1 is 1.63 bits per heavy atom. The Kier molecular flexibility index (Phi) is 4.23. The average molecular weight is 282 g/mol. The summed E-state index contributed by atoms with van der Waals surface area (Å²) in [6.45, 7) is 4.95. The highest BCUT2D eigenvalue weighted by Crippen LogP contribution is 2.21. The predicted molar refractivity (Wildman–Crippen MR) is 70.1 cm³/mol. The van der Waals surface area contributed by atoms with Gasteiger partial charge in [-0.25, -0.2) is 4.98 Å². The molecule has 1 atom stereocenters. The van der Waals surface area contributed by atoms with Gasteiger partial charge in [-0.3, -0.25) is 14.8 Å². The minimum Gasteiger partial charge on any atom is -0.372 e. The maximum Gasteiger partial charge on any atom is 0.307 e. The van der Waals surface area contributed by atoms with Gasteiger partial charge in [0.2, 0.25) is 0 Å². The zero-order chi connectivity index (χ0) is 13.8. The van der Waals surface area contributed by atoms with E-state index in [-0.39, 0.29) is 11.8 Å². The molecule has 102 valence electrons. The van der Waals surface area contributed by atoms with Crippen molar-refractivity contribution in [2.75, 3.05) is 6.61 Å². The molecule has 0 saturated heterocycles. The molecule has 0 fully saturated rings. The molecular weight excluding hydrogens is 268 g/mol. The van der Waals surface area contributed by atoms with Crippen molar-refractivity contribution in [1.29, 1.82) is 0 Å². The number of nitro groups is 1. The molecule has 0 amide bonds. The summed E-state index contributed by atoms with van der Waals surface area (Å²) < 4.78 is 6.97. The lowest BCUT2D eigenvalue weighted by Crippen LogP contribution is -2.02. The summed E-state index contributed by atoms with van der Waals surface area (Å²) in [4.78, 5) is 14.5. The van der Waals surface area contributed by atoms with Gasteiger partial charge in [-0.1, -0.05) is 0 Å². The van der Waals surface area contributed by atoms with Crippen LogP contribution in [0.4, 0.5) is 5.69 Å². The Balaban J connectivity index is 2.04. The molecule has 0 N–H and O–H groups in total. The topological polar surface area (TPSA) is 83.1 Å². The summed E-state index contributed by atoms with van der Waals surface area (Å²) in [6, 6.07) is 0. The first-order chi connectivity index (χ1) is 9.10. The van der Waals surface area contributed by atoms with Crippen LogP contribution in [0.25, 0.3) is 0 Å². The lowest BCUT2D eigenvalue weighted by Gasteiger charge is -2.06. The van der Waals surface area contributed by atoms with Crippen molar-refractivity contribution in [3.05, 3.63) is 38.6 Å². The number of hydrogen-bond acceptors (Lipinski definition) is 6. The van der Waals surface area contributed by atoms with E-state index in [1.165, 1.54) is 28.4 Å². The van der Waals surface area contributed by atoms with Gasteiger partial charge in [-0.2, -0.15) is 5.10 Å². The Morgan fingerprint density at radius 2 is 2.42 bits per heavy atom. The molecule has 0 bridgehead atoms. The minimum absolute atomic E-state index is 0.0156. The van der Waals surface area contributed by atoms with Crippen molar-refractivity contribution >= 4 is 17.0 Å². The molecule has 2 heterocycles. The molecule has 0 aliphatic rings. The normalized spacial score (nSPS) is 12.5. The van der Waals surface area contributed by atoms with Crippen LogP contribution < -0.4 is 0 Å². The largest absolute Gasteiger partial charge is 0.372 e. The summed E-state index contributed by atoms with van der Waals surface area (Å²) in [5.74, 6) is 0. The molecule has 2 aromatic heterocycles. The third kappa shape index (κ3) is 3.36. The second-order valence-electron chi connectivity index (χ2n) is 3.93. The molecule has 8 heteroatoms. The minimum atomic E-state index is -0.465. The zero-order valence-electron chi connectivity index (χ0n) is 10.6. The van der Waals surface area contributed by atoms with Crippen molar-refractivity contribution in [1.82, 2.24) is 14.8 Å². The quantitative estimate of drug-likeness (QED) is 0.600. The molecular formula is C11H14N4O3S. The van der Waals surface area contributed by atoms with Gasteiger partial charge >= 0.3 is 5.69 Å². The number of thiazole rings is 1. The number of hydrogen-bond donors (Lipinski definition) is 0. The number of aromatic nitrogens is 3. The predicted octanol–water partition coefficient (Wildman–Crippen LogP) is 2.39. The fourth-order valence-electron chi connectivity index (χ4n) is 1.60. The fraction of sp³-hybridized carbons (Fsp3) is 0.455. The fourth-order valence-corrected chi connectivity index (χ4v) is 2.42. The summed E-state index contributed by atoms with van der Waals surface area (Å²) in [6.07, 6.45) is 2.59. The summed E-state index contributed by atoms with van der Waals surface area (Å²) in [7, 11) is 0. The van der Waals surface area contributed by atoms with E-state index in [1.807, 2.05) is 19.2 Å². The van der Waals surface area contributed by atoms with Gasteiger partial charge in [0.25, 0.3) is 0 Å². The van der Waals surface area contributed by atoms with Crippen LogP contribution in [0.1, 0.15) is 30.7 Å². The van der Waals surface area contributed by atoms with Gasteiger partial charge in [0.15, 0.2) is 0 Å². The molecule has 19 heavy (non-hydrogen) atoms. The maximum absolute atomic E-state index is 10.6. The molecule has 0 aromatic carbocycles. The van der Waals surface area contributed by atoms with E-state index in [0.29, 0.717) is 13.2 Å². The van der Waals surface area contributed by atoms with Crippen LogP contribution >= 0.6 is 11.3 Å². The second-order valence-corrected chi connectivity index (χ2v) is 4.82. The maximum atomic E-state index is 10.6. The van der Waals surface area contributed by atoms with Crippen molar-refractivity contribution in [2.24, 2.45) is 0 Å². The molecule has 0 spiro atoms. The third-order valence-electron chi connectivity index (χ3n) is 2.49. The van der Waals surface area contributed by atoms with E-state index in [4.69, 9.17) is 4.74 Å². The first-order valence-electron chi connectivity index (χ1n) is 5.83. The summed E-state index contributed by atoms with van der Waals surface area (Å²) in [5, 5.41) is 17.3. The smallest absolute Gasteiger partial charge is 0.307 e. The molecule has 0 aliphatic carbocycles. The monoisotopic (exact) mass is 282 g/mol. The van der Waals surface area contributed by atoms with Crippen LogP contribution in [-0.4, -0.2) is 26.3 Å². The summed E-state index contributed by atoms with van der Waals surface area (Å²) in [5.41, 5.74) is 0.808. The van der Waals surface area contributed by atoms with Crippen LogP contribution in [0.5, 0.6) is 0 Å².